The van der Waals surface area contributed by atoms with Gasteiger partial charge in [-0.25, -0.2) is 8.42 Å². The minimum Gasteiger partial charge on any atom is -0.468 e. The zero-order chi connectivity index (χ0) is 13.2. The Morgan fingerprint density at radius 3 is 2.89 bits per heavy atom. The maximum atomic E-state index is 11.3. The van der Waals surface area contributed by atoms with E-state index in [0.29, 0.717) is 12.5 Å². The molecule has 0 aliphatic carbocycles. The molecule has 2 rings (SSSR count). The molecule has 0 unspecified atom stereocenters. The highest BCUT2D eigenvalue weighted by molar-refractivity contribution is 7.90. The number of rotatable bonds is 4. The van der Waals surface area contributed by atoms with E-state index in [1.54, 1.807) is 6.26 Å². The molecule has 18 heavy (non-hydrogen) atoms. The van der Waals surface area contributed by atoms with Crippen LogP contribution in [0, 0.1) is 5.92 Å². The minimum atomic E-state index is -2.90. The van der Waals surface area contributed by atoms with Crippen LogP contribution in [-0.2, 0) is 9.84 Å². The standard InChI is InChI=1S/C13H21NO3S/c1-11-5-6-14(7-9-18(2,15)16)12(10-11)13-4-3-8-17-13/h3-4,8,11-12H,5-7,9-10H2,1-2H3/t11-,12+/m0/s1. The lowest BCUT2D eigenvalue weighted by molar-refractivity contribution is 0.109. The van der Waals surface area contributed by atoms with Crippen LogP contribution in [0.4, 0.5) is 0 Å². The average molecular weight is 271 g/mol. The Balaban J connectivity index is 2.06. The molecule has 2 atom stereocenters. The number of hydrogen-bond acceptors (Lipinski definition) is 4. The van der Waals surface area contributed by atoms with E-state index in [-0.39, 0.29) is 11.8 Å². The Morgan fingerprint density at radius 1 is 1.50 bits per heavy atom. The van der Waals surface area contributed by atoms with Crippen molar-refractivity contribution in [2.45, 2.75) is 25.8 Å². The molecule has 0 aromatic carbocycles. The predicted molar refractivity (Wildman–Crippen MR) is 71.1 cm³/mol. The first kappa shape index (κ1) is 13.6. The van der Waals surface area contributed by atoms with Gasteiger partial charge >= 0.3 is 0 Å². The summed E-state index contributed by atoms with van der Waals surface area (Å²) in [5.74, 6) is 1.84. The summed E-state index contributed by atoms with van der Waals surface area (Å²) in [5, 5.41) is 0. The molecule has 1 fully saturated rings. The van der Waals surface area contributed by atoms with Crippen molar-refractivity contribution in [3.63, 3.8) is 0 Å². The third kappa shape index (κ3) is 3.59. The number of furan rings is 1. The Morgan fingerprint density at radius 2 is 2.28 bits per heavy atom. The topological polar surface area (TPSA) is 50.5 Å². The largest absolute Gasteiger partial charge is 0.468 e. The molecule has 0 spiro atoms. The molecule has 5 heteroatoms. The van der Waals surface area contributed by atoms with Gasteiger partial charge in [-0.3, -0.25) is 4.90 Å². The summed E-state index contributed by atoms with van der Waals surface area (Å²) in [4.78, 5) is 2.24. The monoisotopic (exact) mass is 271 g/mol. The van der Waals surface area contributed by atoms with Gasteiger partial charge in [0.2, 0.25) is 0 Å². The lowest BCUT2D eigenvalue weighted by Crippen LogP contribution is -2.38. The molecule has 0 N–H and O–H groups in total. The van der Waals surface area contributed by atoms with Crippen molar-refractivity contribution in [2.75, 3.05) is 25.1 Å². The summed E-state index contributed by atoms with van der Waals surface area (Å²) >= 11 is 0. The van der Waals surface area contributed by atoms with Crippen LogP contribution >= 0.6 is 0 Å². The Bertz CT molecular complexity index is 466. The van der Waals surface area contributed by atoms with E-state index < -0.39 is 9.84 Å². The summed E-state index contributed by atoms with van der Waals surface area (Å²) in [7, 11) is -2.90. The fourth-order valence-electron chi connectivity index (χ4n) is 2.52. The number of likely N-dealkylation sites (tertiary alicyclic amines) is 1. The highest BCUT2D eigenvalue weighted by Gasteiger charge is 2.29. The number of sulfone groups is 1. The van der Waals surface area contributed by atoms with Gasteiger partial charge in [0, 0.05) is 12.8 Å². The van der Waals surface area contributed by atoms with Gasteiger partial charge in [0.15, 0.2) is 0 Å². The van der Waals surface area contributed by atoms with Gasteiger partial charge in [0.05, 0.1) is 18.1 Å². The highest BCUT2D eigenvalue weighted by atomic mass is 32.2. The second kappa shape index (κ2) is 5.45. The second-order valence-electron chi connectivity index (χ2n) is 5.33. The fraction of sp³-hybridized carbons (Fsp3) is 0.692. The van der Waals surface area contributed by atoms with Gasteiger partial charge in [-0.2, -0.15) is 0 Å². The molecule has 1 aromatic rings. The van der Waals surface area contributed by atoms with Crippen LogP contribution in [0.5, 0.6) is 0 Å². The summed E-state index contributed by atoms with van der Waals surface area (Å²) in [6.07, 6.45) is 5.14. The Labute approximate surface area is 109 Å². The quantitative estimate of drug-likeness (QED) is 0.841. The van der Waals surface area contributed by atoms with Crippen molar-refractivity contribution in [2.24, 2.45) is 5.92 Å². The zero-order valence-corrected chi connectivity index (χ0v) is 11.8. The van der Waals surface area contributed by atoms with E-state index >= 15 is 0 Å². The van der Waals surface area contributed by atoms with E-state index in [0.717, 1.165) is 25.1 Å². The van der Waals surface area contributed by atoms with Gasteiger partial charge in [0.1, 0.15) is 15.6 Å². The van der Waals surface area contributed by atoms with Crippen LogP contribution in [0.2, 0.25) is 0 Å². The van der Waals surface area contributed by atoms with Crippen molar-refractivity contribution in [1.29, 1.82) is 0 Å². The van der Waals surface area contributed by atoms with Gasteiger partial charge in [-0.05, 0) is 37.4 Å². The first-order valence-electron chi connectivity index (χ1n) is 6.41. The molecule has 0 radical (unpaired) electrons. The Kier molecular flexibility index (Phi) is 4.12. The summed E-state index contributed by atoms with van der Waals surface area (Å²) < 4.78 is 28.1. The Hall–Kier alpha value is -0.810. The fourth-order valence-corrected chi connectivity index (χ4v) is 3.08. The molecule has 4 nitrogen and oxygen atoms in total. The van der Waals surface area contributed by atoms with Crippen molar-refractivity contribution in [3.05, 3.63) is 24.2 Å². The van der Waals surface area contributed by atoms with Gasteiger partial charge in [0.25, 0.3) is 0 Å². The van der Waals surface area contributed by atoms with Crippen LogP contribution < -0.4 is 0 Å². The van der Waals surface area contributed by atoms with Crippen molar-refractivity contribution < 1.29 is 12.8 Å². The van der Waals surface area contributed by atoms with Crippen molar-refractivity contribution >= 4 is 9.84 Å². The molecule has 102 valence electrons. The minimum absolute atomic E-state index is 0.221. The second-order valence-corrected chi connectivity index (χ2v) is 7.59. The normalized spacial score (nSPS) is 26.3. The molecule has 1 saturated heterocycles. The van der Waals surface area contributed by atoms with Gasteiger partial charge < -0.3 is 4.42 Å². The van der Waals surface area contributed by atoms with Crippen LogP contribution in [0.25, 0.3) is 0 Å². The third-order valence-electron chi connectivity index (χ3n) is 3.60. The first-order chi connectivity index (χ1) is 8.46. The maximum Gasteiger partial charge on any atom is 0.148 e. The smallest absolute Gasteiger partial charge is 0.148 e. The number of hydrogen-bond donors (Lipinski definition) is 0. The molecule has 0 bridgehead atoms. The maximum absolute atomic E-state index is 11.3. The average Bonchev–Trinajstić information content (AvgIpc) is 2.79. The molecular weight excluding hydrogens is 250 g/mol. The third-order valence-corrected chi connectivity index (χ3v) is 4.52. The molecule has 1 aliphatic heterocycles. The lowest BCUT2D eigenvalue weighted by Gasteiger charge is -2.37. The SMILES string of the molecule is C[C@H]1CCN(CCS(C)(=O)=O)[C@@H](c2ccco2)C1. The molecule has 0 saturated carbocycles. The molecule has 0 amide bonds. The summed E-state index contributed by atoms with van der Waals surface area (Å²) in [5.41, 5.74) is 0. The highest BCUT2D eigenvalue weighted by Crippen LogP contribution is 2.33. The number of nitrogens with zero attached hydrogens (tertiary/aromatic N) is 1. The van der Waals surface area contributed by atoms with Gasteiger partial charge in [-0.1, -0.05) is 6.92 Å². The zero-order valence-electron chi connectivity index (χ0n) is 11.0. The summed E-state index contributed by atoms with van der Waals surface area (Å²) in [6, 6.07) is 4.10. The predicted octanol–water partition coefficient (Wildman–Crippen LogP) is 2.10. The van der Waals surface area contributed by atoms with Gasteiger partial charge in [-0.15, -0.1) is 0 Å². The summed E-state index contributed by atoms with van der Waals surface area (Å²) in [6.45, 7) is 3.78. The first-order valence-corrected chi connectivity index (χ1v) is 8.47. The molecule has 1 aliphatic rings. The van der Waals surface area contributed by atoms with E-state index in [9.17, 15) is 8.42 Å². The molecular formula is C13H21NO3S. The van der Waals surface area contributed by atoms with E-state index in [2.05, 4.69) is 11.8 Å². The van der Waals surface area contributed by atoms with E-state index in [1.807, 2.05) is 12.1 Å². The van der Waals surface area contributed by atoms with E-state index in [4.69, 9.17) is 4.42 Å². The molecule has 1 aromatic heterocycles. The lowest BCUT2D eigenvalue weighted by atomic mass is 9.91. The van der Waals surface area contributed by atoms with Crippen molar-refractivity contribution in [1.82, 2.24) is 4.90 Å². The van der Waals surface area contributed by atoms with Crippen molar-refractivity contribution in [3.8, 4) is 0 Å². The van der Waals surface area contributed by atoms with Crippen LogP contribution in [0.1, 0.15) is 31.6 Å². The van der Waals surface area contributed by atoms with E-state index in [1.165, 1.54) is 6.26 Å². The van der Waals surface area contributed by atoms with Crippen LogP contribution in [-0.4, -0.2) is 38.4 Å². The van der Waals surface area contributed by atoms with Crippen LogP contribution in [0.3, 0.4) is 0 Å². The van der Waals surface area contributed by atoms with Crippen LogP contribution in [0.15, 0.2) is 22.8 Å². The molecule has 2 heterocycles. The number of piperidine rings is 1.